The summed E-state index contributed by atoms with van der Waals surface area (Å²) in [5.74, 6) is 0.644. The summed E-state index contributed by atoms with van der Waals surface area (Å²) in [6.45, 7) is 2.91. The van der Waals surface area contributed by atoms with Crippen LogP contribution in [-0.4, -0.2) is 16.5 Å². The second-order valence-electron chi connectivity index (χ2n) is 3.72. The lowest BCUT2D eigenvalue weighted by Crippen LogP contribution is -2.28. The molecule has 2 atom stereocenters. The molecule has 1 aromatic rings. The van der Waals surface area contributed by atoms with E-state index in [0.717, 1.165) is 18.5 Å². The Balaban J connectivity index is 2.55. The summed E-state index contributed by atoms with van der Waals surface area (Å²) >= 11 is 12.3. The van der Waals surface area contributed by atoms with Crippen molar-refractivity contribution in [3.8, 4) is 0 Å². The molecule has 2 rings (SSSR count). The number of halogens is 2. The van der Waals surface area contributed by atoms with E-state index in [1.54, 1.807) is 12.1 Å². The van der Waals surface area contributed by atoms with Crippen molar-refractivity contribution in [2.24, 2.45) is 0 Å². The number of hydrogen-bond donors (Lipinski definition) is 1. The van der Waals surface area contributed by atoms with Gasteiger partial charge in [-0.05, 0) is 25.1 Å². The van der Waals surface area contributed by atoms with Crippen LogP contribution in [0.4, 0.5) is 0 Å². The maximum atomic E-state index is 11.9. The number of rotatable bonds is 2. The standard InChI is InChI=1S/C11H13Cl2NOS/c1-2-14-9-5-6-16(15)11-8(13)4-3-7(12)10(9)11/h3-4,9,14H,2,5-6H2,1H3. The zero-order valence-corrected chi connectivity index (χ0v) is 11.3. The topological polar surface area (TPSA) is 29.1 Å². The Morgan fingerprint density at radius 2 is 2.12 bits per heavy atom. The minimum Gasteiger partial charge on any atom is -0.310 e. The van der Waals surface area contributed by atoms with Crippen LogP contribution < -0.4 is 5.32 Å². The highest BCUT2D eigenvalue weighted by Crippen LogP contribution is 2.39. The van der Waals surface area contributed by atoms with E-state index < -0.39 is 10.8 Å². The van der Waals surface area contributed by atoms with Gasteiger partial charge < -0.3 is 5.32 Å². The Morgan fingerprint density at radius 1 is 1.44 bits per heavy atom. The minimum absolute atomic E-state index is 0.170. The van der Waals surface area contributed by atoms with Crippen LogP contribution in [0.25, 0.3) is 0 Å². The van der Waals surface area contributed by atoms with Crippen molar-refractivity contribution in [3.63, 3.8) is 0 Å². The van der Waals surface area contributed by atoms with Gasteiger partial charge in [-0.25, -0.2) is 0 Å². The fourth-order valence-corrected chi connectivity index (χ4v) is 4.23. The number of fused-ring (bicyclic) bond motifs is 1. The van der Waals surface area contributed by atoms with Crippen LogP contribution in [-0.2, 0) is 10.8 Å². The van der Waals surface area contributed by atoms with Crippen molar-refractivity contribution < 1.29 is 4.21 Å². The van der Waals surface area contributed by atoms with Gasteiger partial charge in [0.05, 0.1) is 20.7 Å². The Bertz CT molecular complexity index is 436. The lowest BCUT2D eigenvalue weighted by Gasteiger charge is -2.27. The average molecular weight is 278 g/mol. The van der Waals surface area contributed by atoms with Crippen LogP contribution in [0.5, 0.6) is 0 Å². The average Bonchev–Trinajstić information content (AvgIpc) is 2.26. The molecule has 1 N–H and O–H groups in total. The van der Waals surface area contributed by atoms with Gasteiger partial charge in [0.15, 0.2) is 0 Å². The van der Waals surface area contributed by atoms with E-state index in [9.17, 15) is 4.21 Å². The number of nitrogens with one attached hydrogen (secondary N) is 1. The predicted molar refractivity (Wildman–Crippen MR) is 68.8 cm³/mol. The van der Waals surface area contributed by atoms with Crippen molar-refractivity contribution in [2.45, 2.75) is 24.3 Å². The number of benzene rings is 1. The van der Waals surface area contributed by atoms with E-state index in [-0.39, 0.29) is 6.04 Å². The van der Waals surface area contributed by atoms with Crippen molar-refractivity contribution in [2.75, 3.05) is 12.3 Å². The van der Waals surface area contributed by atoms with Crippen molar-refractivity contribution in [1.82, 2.24) is 5.32 Å². The van der Waals surface area contributed by atoms with Gasteiger partial charge >= 0.3 is 0 Å². The minimum atomic E-state index is -1.02. The molecule has 1 aliphatic rings. The van der Waals surface area contributed by atoms with Gasteiger partial charge in [-0.1, -0.05) is 30.1 Å². The fourth-order valence-electron chi connectivity index (χ4n) is 2.03. The third-order valence-corrected chi connectivity index (χ3v) is 4.97. The highest BCUT2D eigenvalue weighted by Gasteiger charge is 2.28. The molecule has 1 aromatic carbocycles. The Kier molecular flexibility index (Phi) is 3.90. The maximum Gasteiger partial charge on any atom is 0.0636 e. The van der Waals surface area contributed by atoms with Crippen LogP contribution in [0.1, 0.15) is 24.9 Å². The molecule has 0 saturated heterocycles. The van der Waals surface area contributed by atoms with Crippen molar-refractivity contribution in [1.29, 1.82) is 0 Å². The molecule has 2 unspecified atom stereocenters. The number of hydrogen-bond acceptors (Lipinski definition) is 2. The lowest BCUT2D eigenvalue weighted by atomic mass is 10.0. The third kappa shape index (κ3) is 2.14. The van der Waals surface area contributed by atoms with Crippen molar-refractivity contribution >= 4 is 34.0 Å². The molecule has 1 aliphatic heterocycles. The maximum absolute atomic E-state index is 11.9. The molecule has 0 amide bonds. The summed E-state index contributed by atoms with van der Waals surface area (Å²) in [6, 6.07) is 3.66. The molecule has 0 spiro atoms. The lowest BCUT2D eigenvalue weighted by molar-refractivity contribution is 0.520. The first-order chi connectivity index (χ1) is 7.65. The summed E-state index contributed by atoms with van der Waals surface area (Å²) in [7, 11) is -1.02. The van der Waals surface area contributed by atoms with Gasteiger partial charge in [-0.15, -0.1) is 0 Å². The summed E-state index contributed by atoms with van der Waals surface area (Å²) in [5, 5.41) is 4.56. The second-order valence-corrected chi connectivity index (χ2v) is 6.04. The monoisotopic (exact) mass is 277 g/mol. The Labute approximate surface area is 108 Å². The van der Waals surface area contributed by atoms with Gasteiger partial charge in [0.2, 0.25) is 0 Å². The summed E-state index contributed by atoms with van der Waals surface area (Å²) in [5.41, 5.74) is 0.917. The second kappa shape index (κ2) is 5.05. The molecular formula is C11H13Cl2NOS. The molecule has 0 aromatic heterocycles. The Morgan fingerprint density at radius 3 is 2.81 bits per heavy atom. The zero-order valence-electron chi connectivity index (χ0n) is 8.93. The molecule has 0 fully saturated rings. The van der Waals surface area contributed by atoms with E-state index in [2.05, 4.69) is 5.32 Å². The molecule has 0 saturated carbocycles. The molecule has 0 aliphatic carbocycles. The molecule has 2 nitrogen and oxygen atoms in total. The molecule has 0 bridgehead atoms. The first-order valence-electron chi connectivity index (χ1n) is 5.24. The van der Waals surface area contributed by atoms with Crippen LogP contribution in [0, 0.1) is 0 Å². The third-order valence-electron chi connectivity index (χ3n) is 2.71. The van der Waals surface area contributed by atoms with Gasteiger partial charge in [-0.3, -0.25) is 4.21 Å². The van der Waals surface area contributed by atoms with Crippen LogP contribution in [0.3, 0.4) is 0 Å². The van der Waals surface area contributed by atoms with Crippen LogP contribution in [0.15, 0.2) is 17.0 Å². The smallest absolute Gasteiger partial charge is 0.0636 e. The van der Waals surface area contributed by atoms with Crippen LogP contribution >= 0.6 is 23.2 Å². The van der Waals surface area contributed by atoms with Gasteiger partial charge in [0.1, 0.15) is 0 Å². The highest BCUT2D eigenvalue weighted by atomic mass is 35.5. The quantitative estimate of drug-likeness (QED) is 0.900. The summed E-state index contributed by atoms with van der Waals surface area (Å²) < 4.78 is 11.9. The first-order valence-corrected chi connectivity index (χ1v) is 7.32. The molecular weight excluding hydrogens is 265 g/mol. The zero-order chi connectivity index (χ0) is 11.7. The first kappa shape index (κ1) is 12.4. The van der Waals surface area contributed by atoms with Gasteiger partial charge in [0, 0.05) is 22.4 Å². The normalized spacial score (nSPS) is 24.2. The van der Waals surface area contributed by atoms with Crippen LogP contribution in [0.2, 0.25) is 10.0 Å². The molecule has 16 heavy (non-hydrogen) atoms. The predicted octanol–water partition coefficient (Wildman–Crippen LogP) is 3.16. The molecule has 0 radical (unpaired) electrons. The summed E-state index contributed by atoms with van der Waals surface area (Å²) in [4.78, 5) is 0.714. The molecule has 88 valence electrons. The Hall–Kier alpha value is -0.0900. The summed E-state index contributed by atoms with van der Waals surface area (Å²) in [6.07, 6.45) is 0.841. The highest BCUT2D eigenvalue weighted by molar-refractivity contribution is 7.85. The van der Waals surface area contributed by atoms with E-state index in [1.807, 2.05) is 6.92 Å². The fraction of sp³-hybridized carbons (Fsp3) is 0.455. The van der Waals surface area contributed by atoms with E-state index >= 15 is 0 Å². The van der Waals surface area contributed by atoms with Crippen molar-refractivity contribution in [3.05, 3.63) is 27.7 Å². The van der Waals surface area contributed by atoms with E-state index in [1.165, 1.54) is 0 Å². The molecule has 1 heterocycles. The molecule has 5 heteroatoms. The van der Waals surface area contributed by atoms with E-state index in [0.29, 0.717) is 20.7 Å². The van der Waals surface area contributed by atoms with Gasteiger partial charge in [-0.2, -0.15) is 0 Å². The largest absolute Gasteiger partial charge is 0.310 e. The van der Waals surface area contributed by atoms with E-state index in [4.69, 9.17) is 23.2 Å². The SMILES string of the molecule is CCNC1CCS(=O)c2c(Cl)ccc(Cl)c21. The van der Waals surface area contributed by atoms with Gasteiger partial charge in [0.25, 0.3) is 0 Å².